The molecule has 1 aromatic carbocycles. The molecule has 2 saturated heterocycles. The lowest BCUT2D eigenvalue weighted by Gasteiger charge is -2.37. The van der Waals surface area contributed by atoms with Crippen molar-refractivity contribution in [2.75, 3.05) is 70.5 Å². The molecule has 1 amide bonds. The van der Waals surface area contributed by atoms with Gasteiger partial charge in [0, 0.05) is 51.5 Å². The summed E-state index contributed by atoms with van der Waals surface area (Å²) in [5.74, 6) is 0.188. The zero-order valence-electron chi connectivity index (χ0n) is 17.2. The lowest BCUT2D eigenvalue weighted by atomic mass is 10.2. The van der Waals surface area contributed by atoms with Crippen LogP contribution < -0.4 is 10.5 Å². The minimum atomic E-state index is -0.126. The quantitative estimate of drug-likeness (QED) is 0.696. The lowest BCUT2D eigenvalue weighted by Crippen LogP contribution is -2.49. The maximum Gasteiger partial charge on any atom is 0.261 e. The molecule has 4 rings (SSSR count). The van der Waals surface area contributed by atoms with E-state index < -0.39 is 0 Å². The number of aliphatic hydroxyl groups is 1. The third-order valence-corrected chi connectivity index (χ3v) is 5.89. The average molecular weight is 415 g/mol. The van der Waals surface area contributed by atoms with Gasteiger partial charge in [-0.1, -0.05) is 0 Å². The van der Waals surface area contributed by atoms with Gasteiger partial charge in [0.25, 0.3) is 5.56 Å². The first-order valence-electron chi connectivity index (χ1n) is 10.6. The van der Waals surface area contributed by atoms with E-state index in [0.717, 1.165) is 45.0 Å². The molecule has 0 unspecified atom stereocenters. The minimum Gasteiger partial charge on any atom is -0.395 e. The molecule has 30 heavy (non-hydrogen) atoms. The van der Waals surface area contributed by atoms with E-state index in [-0.39, 0.29) is 24.6 Å². The van der Waals surface area contributed by atoms with Gasteiger partial charge in [-0.3, -0.25) is 19.1 Å². The van der Waals surface area contributed by atoms with E-state index in [1.807, 2.05) is 23.1 Å². The Kier molecular flexibility index (Phi) is 6.61. The van der Waals surface area contributed by atoms with Crippen LogP contribution in [-0.4, -0.2) is 96.0 Å². The maximum atomic E-state index is 12.5. The van der Waals surface area contributed by atoms with Crippen LogP contribution >= 0.6 is 0 Å². The van der Waals surface area contributed by atoms with E-state index >= 15 is 0 Å². The van der Waals surface area contributed by atoms with Gasteiger partial charge in [0.15, 0.2) is 0 Å². The molecule has 0 aliphatic carbocycles. The van der Waals surface area contributed by atoms with Gasteiger partial charge in [-0.2, -0.15) is 0 Å². The maximum absolute atomic E-state index is 12.5. The Morgan fingerprint density at radius 3 is 2.63 bits per heavy atom. The van der Waals surface area contributed by atoms with Crippen LogP contribution in [0.1, 0.15) is 6.42 Å². The van der Waals surface area contributed by atoms with Crippen LogP contribution in [0.5, 0.6) is 0 Å². The summed E-state index contributed by atoms with van der Waals surface area (Å²) in [6, 6.07) is 5.76. The number of hydrogen-bond donors (Lipinski definition) is 1. The van der Waals surface area contributed by atoms with Gasteiger partial charge in [0.2, 0.25) is 5.91 Å². The summed E-state index contributed by atoms with van der Waals surface area (Å²) in [6.07, 6.45) is 1.98. The number of ether oxygens (including phenoxy) is 1. The van der Waals surface area contributed by atoms with Gasteiger partial charge in [-0.15, -0.1) is 0 Å². The van der Waals surface area contributed by atoms with Gasteiger partial charge in [-0.05, 0) is 18.2 Å². The van der Waals surface area contributed by atoms with Crippen molar-refractivity contribution < 1.29 is 14.6 Å². The van der Waals surface area contributed by atoms with E-state index in [1.165, 1.54) is 10.9 Å². The first-order valence-corrected chi connectivity index (χ1v) is 10.6. The van der Waals surface area contributed by atoms with Crippen molar-refractivity contribution in [2.24, 2.45) is 0 Å². The van der Waals surface area contributed by atoms with Gasteiger partial charge in [-0.25, -0.2) is 4.98 Å². The molecular formula is C21H29N5O4. The van der Waals surface area contributed by atoms with Crippen LogP contribution in [0.3, 0.4) is 0 Å². The zero-order valence-corrected chi connectivity index (χ0v) is 17.2. The Balaban J connectivity index is 1.34. The van der Waals surface area contributed by atoms with Crippen LogP contribution in [0.2, 0.25) is 0 Å². The largest absolute Gasteiger partial charge is 0.395 e. The van der Waals surface area contributed by atoms with Crippen LogP contribution in [0.4, 0.5) is 5.69 Å². The molecule has 0 saturated carbocycles. The summed E-state index contributed by atoms with van der Waals surface area (Å²) in [5.41, 5.74) is 1.61. The van der Waals surface area contributed by atoms with Gasteiger partial charge >= 0.3 is 0 Å². The van der Waals surface area contributed by atoms with E-state index in [0.29, 0.717) is 37.1 Å². The number of nitrogens with zero attached hydrogens (tertiary/aromatic N) is 5. The van der Waals surface area contributed by atoms with Crippen molar-refractivity contribution in [3.63, 3.8) is 0 Å². The molecule has 2 fully saturated rings. The Morgan fingerprint density at radius 1 is 1.00 bits per heavy atom. The highest BCUT2D eigenvalue weighted by molar-refractivity contribution is 5.81. The first-order chi connectivity index (χ1) is 14.7. The summed E-state index contributed by atoms with van der Waals surface area (Å²) in [7, 11) is 0. The van der Waals surface area contributed by atoms with Gasteiger partial charge in [0.1, 0.15) is 0 Å². The highest BCUT2D eigenvalue weighted by Gasteiger charge is 2.21. The monoisotopic (exact) mass is 415 g/mol. The number of carbonyl (C=O) groups excluding carboxylic acids is 1. The third kappa shape index (κ3) is 4.63. The second kappa shape index (κ2) is 9.55. The summed E-state index contributed by atoms with van der Waals surface area (Å²) in [6.45, 7) is 7.29. The second-order valence-corrected chi connectivity index (χ2v) is 7.74. The molecule has 2 aliphatic rings. The van der Waals surface area contributed by atoms with Crippen LogP contribution in [-0.2, 0) is 16.1 Å². The van der Waals surface area contributed by atoms with E-state index in [2.05, 4.69) is 14.8 Å². The number of carbonyl (C=O) groups is 1. The number of amides is 1. The number of fused-ring (bicyclic) bond motifs is 1. The Bertz CT molecular complexity index is 939. The van der Waals surface area contributed by atoms with Crippen molar-refractivity contribution in [2.45, 2.75) is 13.0 Å². The number of anilines is 1. The van der Waals surface area contributed by atoms with Crippen LogP contribution in [0.25, 0.3) is 10.9 Å². The fourth-order valence-electron chi connectivity index (χ4n) is 4.06. The van der Waals surface area contributed by atoms with Gasteiger partial charge < -0.3 is 19.6 Å². The molecule has 1 aromatic heterocycles. The van der Waals surface area contributed by atoms with E-state index in [9.17, 15) is 9.59 Å². The van der Waals surface area contributed by atoms with Crippen LogP contribution in [0.15, 0.2) is 29.3 Å². The first kappa shape index (κ1) is 20.8. The molecule has 0 bridgehead atoms. The standard InChI is InChI=1S/C21H29N5O4/c27-12-10-26-16-22-19-15-17(1-2-18(19)21(26)29)24-7-4-23(5-8-24)6-9-25-11-14-30-13-3-20(25)28/h1-2,15-16,27H,3-14H2. The number of rotatable bonds is 6. The van der Waals surface area contributed by atoms with Crippen LogP contribution in [0, 0.1) is 0 Å². The van der Waals surface area contributed by atoms with Gasteiger partial charge in [0.05, 0.1) is 50.0 Å². The molecule has 9 nitrogen and oxygen atoms in total. The molecule has 3 heterocycles. The second-order valence-electron chi connectivity index (χ2n) is 7.74. The normalized spacial score (nSPS) is 18.8. The summed E-state index contributed by atoms with van der Waals surface area (Å²) in [4.78, 5) is 35.5. The Labute approximate surface area is 175 Å². The van der Waals surface area contributed by atoms with Crippen molar-refractivity contribution in [3.8, 4) is 0 Å². The minimum absolute atomic E-state index is 0.0881. The smallest absolute Gasteiger partial charge is 0.261 e. The van der Waals surface area contributed by atoms with E-state index in [1.54, 1.807) is 0 Å². The van der Waals surface area contributed by atoms with E-state index in [4.69, 9.17) is 9.84 Å². The molecule has 0 atom stereocenters. The Hall–Kier alpha value is -2.49. The molecule has 1 N–H and O–H groups in total. The number of aliphatic hydroxyl groups excluding tert-OH is 1. The molecule has 9 heteroatoms. The number of aromatic nitrogens is 2. The molecule has 2 aliphatic heterocycles. The summed E-state index contributed by atoms with van der Waals surface area (Å²) in [5, 5.41) is 9.64. The highest BCUT2D eigenvalue weighted by Crippen LogP contribution is 2.20. The third-order valence-electron chi connectivity index (χ3n) is 5.89. The summed E-state index contributed by atoms with van der Waals surface area (Å²) < 4.78 is 6.82. The summed E-state index contributed by atoms with van der Waals surface area (Å²) >= 11 is 0. The fraction of sp³-hybridized carbons (Fsp3) is 0.571. The zero-order chi connectivity index (χ0) is 20.9. The molecule has 0 spiro atoms. The van der Waals surface area contributed by atoms with Crippen molar-refractivity contribution >= 4 is 22.5 Å². The number of benzene rings is 1. The lowest BCUT2D eigenvalue weighted by molar-refractivity contribution is -0.130. The van der Waals surface area contributed by atoms with Crippen molar-refractivity contribution in [1.29, 1.82) is 0 Å². The predicted molar refractivity (Wildman–Crippen MR) is 114 cm³/mol. The number of hydrogen-bond acceptors (Lipinski definition) is 7. The predicted octanol–water partition coefficient (Wildman–Crippen LogP) is -0.240. The molecule has 2 aromatic rings. The molecular weight excluding hydrogens is 386 g/mol. The molecule has 162 valence electrons. The number of piperazine rings is 1. The van der Waals surface area contributed by atoms with Crippen molar-refractivity contribution in [1.82, 2.24) is 19.4 Å². The Morgan fingerprint density at radius 2 is 1.83 bits per heavy atom. The topological polar surface area (TPSA) is 91.1 Å². The SMILES string of the molecule is O=C1CCOCCN1CCN1CCN(c2ccc3c(=O)n(CCO)cnc3c2)CC1. The highest BCUT2D eigenvalue weighted by atomic mass is 16.5. The fourth-order valence-corrected chi connectivity index (χ4v) is 4.06. The van der Waals surface area contributed by atoms with Crippen molar-refractivity contribution in [3.05, 3.63) is 34.9 Å². The average Bonchev–Trinajstić information content (AvgIpc) is 2.98. The molecule has 0 radical (unpaired) electrons.